The molecule has 2 atom stereocenters. The van der Waals surface area contributed by atoms with E-state index in [2.05, 4.69) is 41.9 Å². The molecule has 35 heavy (non-hydrogen) atoms. The first-order chi connectivity index (χ1) is 17.0. The number of nitriles is 1. The van der Waals surface area contributed by atoms with Gasteiger partial charge in [0.15, 0.2) is 17.2 Å². The molecule has 11 nitrogen and oxygen atoms in total. The van der Waals surface area contributed by atoms with Crippen molar-refractivity contribution in [3.05, 3.63) is 54.4 Å². The average molecular weight is 472 g/mol. The molecule has 5 rings (SSSR count). The number of alkyl carbamates (subject to hydrolysis) is 1. The molecular weight excluding hydrogens is 446 g/mol. The maximum absolute atomic E-state index is 11.9. The minimum absolute atomic E-state index is 0.0409. The third-order valence-electron chi connectivity index (χ3n) is 5.92. The maximum Gasteiger partial charge on any atom is 0.407 e. The van der Waals surface area contributed by atoms with Gasteiger partial charge < -0.3 is 15.4 Å². The zero-order valence-corrected chi connectivity index (χ0v) is 19.4. The van der Waals surface area contributed by atoms with Gasteiger partial charge in [0.2, 0.25) is 5.95 Å². The van der Waals surface area contributed by atoms with E-state index in [1.54, 1.807) is 29.2 Å². The molecule has 0 saturated heterocycles. The number of imidazole rings is 1. The largest absolute Gasteiger partial charge is 0.446 e. The number of H-pyrrole nitrogens is 1. The van der Waals surface area contributed by atoms with Gasteiger partial charge in [-0.15, -0.1) is 0 Å². The zero-order chi connectivity index (χ0) is 24.4. The number of aromatic amines is 1. The highest BCUT2D eigenvalue weighted by atomic mass is 16.6. The Balaban J connectivity index is 1.33. The van der Waals surface area contributed by atoms with Crippen molar-refractivity contribution >= 4 is 23.5 Å². The first-order valence-electron chi connectivity index (χ1n) is 11.5. The van der Waals surface area contributed by atoms with Gasteiger partial charge in [0.05, 0.1) is 6.20 Å². The van der Waals surface area contributed by atoms with Gasteiger partial charge in [-0.3, -0.25) is 14.5 Å². The zero-order valence-electron chi connectivity index (χ0n) is 19.4. The number of ether oxygens (including phenoxy) is 1. The molecule has 0 bridgehead atoms. The lowest BCUT2D eigenvalue weighted by Gasteiger charge is -2.14. The van der Waals surface area contributed by atoms with E-state index in [1.807, 2.05) is 32.0 Å². The highest BCUT2D eigenvalue weighted by Crippen LogP contribution is 2.36. The van der Waals surface area contributed by atoms with Crippen LogP contribution >= 0.6 is 0 Å². The normalized spacial score (nSPS) is 17.4. The third-order valence-corrected chi connectivity index (χ3v) is 5.92. The summed E-state index contributed by atoms with van der Waals surface area (Å²) in [6, 6.07) is 7.83. The maximum atomic E-state index is 11.9. The van der Waals surface area contributed by atoms with Crippen LogP contribution in [0.5, 0.6) is 0 Å². The Morgan fingerprint density at radius 1 is 1.34 bits per heavy atom. The smallest absolute Gasteiger partial charge is 0.407 e. The van der Waals surface area contributed by atoms with Crippen molar-refractivity contribution in [1.82, 2.24) is 34.9 Å². The summed E-state index contributed by atoms with van der Waals surface area (Å²) in [5.41, 5.74) is 3.47. The lowest BCUT2D eigenvalue weighted by molar-refractivity contribution is 0.0981. The van der Waals surface area contributed by atoms with Crippen molar-refractivity contribution in [3.63, 3.8) is 0 Å². The summed E-state index contributed by atoms with van der Waals surface area (Å²) in [5.74, 6) is 1.30. The van der Waals surface area contributed by atoms with Crippen molar-refractivity contribution in [2.45, 2.75) is 51.2 Å². The number of hydrogen-bond donors (Lipinski definition) is 3. The molecule has 0 spiro atoms. The van der Waals surface area contributed by atoms with E-state index >= 15 is 0 Å². The number of carbonyl (C=O) groups is 1. The summed E-state index contributed by atoms with van der Waals surface area (Å²) in [6.07, 6.45) is 8.73. The van der Waals surface area contributed by atoms with Crippen LogP contribution in [0.15, 0.2) is 43.0 Å². The molecule has 4 heterocycles. The monoisotopic (exact) mass is 471 g/mol. The molecule has 1 saturated carbocycles. The quantitative estimate of drug-likeness (QED) is 0.384. The summed E-state index contributed by atoms with van der Waals surface area (Å²) in [6.45, 7) is 3.80. The number of pyridine rings is 1. The molecule has 1 amide bonds. The molecule has 1 aliphatic carbocycles. The Bertz CT molecular complexity index is 1390. The van der Waals surface area contributed by atoms with E-state index < -0.39 is 0 Å². The molecule has 4 aromatic heterocycles. The number of hydrogen-bond acceptors (Lipinski definition) is 8. The van der Waals surface area contributed by atoms with Crippen LogP contribution in [0.25, 0.3) is 16.8 Å². The Morgan fingerprint density at radius 2 is 2.23 bits per heavy atom. The van der Waals surface area contributed by atoms with Gasteiger partial charge in [-0.05, 0) is 39.2 Å². The second-order valence-electron chi connectivity index (χ2n) is 8.84. The molecule has 2 unspecified atom stereocenters. The predicted octanol–water partition coefficient (Wildman–Crippen LogP) is 3.90. The number of rotatable bonds is 6. The standard InChI is InChI=1S/C24H25N9O2/c1-14(2)28-24(34)35-18-6-5-15(8-18)20-9-21(32-31-20)30-23-27-12-19(16-4-3-7-26-11-16)22-29-17(10-25)13-33(22)23/h3-4,7,9,11-15,18H,5-6,8H2,1-2H3,(H,28,34)(H2,27,30,31,32). The SMILES string of the molecule is CC(C)NC(=O)OC1CCC(c2cc(Nc3ncc(-c4cccnc4)c4nc(C#N)cn34)n[nH]2)C1. The van der Waals surface area contributed by atoms with Crippen molar-refractivity contribution in [2.75, 3.05) is 5.32 Å². The van der Waals surface area contributed by atoms with E-state index in [9.17, 15) is 10.1 Å². The summed E-state index contributed by atoms with van der Waals surface area (Å²) >= 11 is 0. The third kappa shape index (κ3) is 4.77. The van der Waals surface area contributed by atoms with Gasteiger partial charge in [0.25, 0.3) is 0 Å². The molecule has 0 radical (unpaired) electrons. The summed E-state index contributed by atoms with van der Waals surface area (Å²) in [4.78, 5) is 25.1. The lowest BCUT2D eigenvalue weighted by atomic mass is 10.0. The number of fused-ring (bicyclic) bond motifs is 1. The molecule has 4 aromatic rings. The molecule has 11 heteroatoms. The van der Waals surface area contributed by atoms with Crippen molar-refractivity contribution < 1.29 is 9.53 Å². The number of nitrogens with one attached hydrogen (secondary N) is 3. The van der Waals surface area contributed by atoms with Crippen LogP contribution in [-0.2, 0) is 4.74 Å². The fourth-order valence-corrected chi connectivity index (χ4v) is 4.32. The van der Waals surface area contributed by atoms with Crippen molar-refractivity contribution in [2.24, 2.45) is 0 Å². The molecule has 1 fully saturated rings. The van der Waals surface area contributed by atoms with E-state index in [4.69, 9.17) is 4.74 Å². The second kappa shape index (κ2) is 9.42. The minimum Gasteiger partial charge on any atom is -0.446 e. The highest BCUT2D eigenvalue weighted by molar-refractivity contribution is 5.78. The van der Waals surface area contributed by atoms with Gasteiger partial charge in [-0.25, -0.2) is 14.8 Å². The first-order valence-corrected chi connectivity index (χ1v) is 11.5. The Hall–Kier alpha value is -4.46. The van der Waals surface area contributed by atoms with Crippen LogP contribution in [-0.4, -0.2) is 47.8 Å². The topological polar surface area (TPSA) is 146 Å². The molecule has 0 aromatic carbocycles. The fourth-order valence-electron chi connectivity index (χ4n) is 4.32. The Morgan fingerprint density at radius 3 is 3.00 bits per heavy atom. The number of carbonyl (C=O) groups excluding carboxylic acids is 1. The summed E-state index contributed by atoms with van der Waals surface area (Å²) in [5, 5.41) is 22.9. The minimum atomic E-state index is -0.375. The number of amides is 1. The van der Waals surface area contributed by atoms with Crippen LogP contribution in [0, 0.1) is 11.3 Å². The first kappa shape index (κ1) is 22.3. The molecule has 0 aliphatic heterocycles. The average Bonchev–Trinajstić information content (AvgIpc) is 3.59. The van der Waals surface area contributed by atoms with E-state index in [0.717, 1.165) is 36.1 Å². The lowest BCUT2D eigenvalue weighted by Crippen LogP contribution is -2.33. The van der Waals surface area contributed by atoms with Crippen LogP contribution < -0.4 is 10.6 Å². The number of anilines is 2. The molecule has 3 N–H and O–H groups in total. The van der Waals surface area contributed by atoms with Crippen molar-refractivity contribution in [3.8, 4) is 17.2 Å². The van der Waals surface area contributed by atoms with Gasteiger partial charge in [-0.2, -0.15) is 10.4 Å². The molecule has 178 valence electrons. The van der Waals surface area contributed by atoms with Gasteiger partial charge in [-0.1, -0.05) is 6.07 Å². The Labute approximate surface area is 201 Å². The predicted molar refractivity (Wildman–Crippen MR) is 128 cm³/mol. The summed E-state index contributed by atoms with van der Waals surface area (Å²) < 4.78 is 7.27. The highest BCUT2D eigenvalue weighted by Gasteiger charge is 2.30. The van der Waals surface area contributed by atoms with E-state index in [1.165, 1.54) is 0 Å². The summed E-state index contributed by atoms with van der Waals surface area (Å²) in [7, 11) is 0. The fraction of sp³-hybridized carbons (Fsp3) is 0.333. The van der Waals surface area contributed by atoms with Gasteiger partial charge >= 0.3 is 6.09 Å². The van der Waals surface area contributed by atoms with Crippen LogP contribution in [0.4, 0.5) is 16.6 Å². The van der Waals surface area contributed by atoms with Crippen LogP contribution in [0.1, 0.15) is 50.4 Å². The number of aromatic nitrogens is 6. The Kier molecular flexibility index (Phi) is 6.01. The van der Waals surface area contributed by atoms with Gasteiger partial charge in [0.1, 0.15) is 12.2 Å². The van der Waals surface area contributed by atoms with E-state index in [0.29, 0.717) is 17.4 Å². The molecule has 1 aliphatic rings. The number of nitrogens with zero attached hydrogens (tertiary/aromatic N) is 6. The van der Waals surface area contributed by atoms with Crippen LogP contribution in [0.2, 0.25) is 0 Å². The van der Waals surface area contributed by atoms with Crippen molar-refractivity contribution in [1.29, 1.82) is 5.26 Å². The second-order valence-corrected chi connectivity index (χ2v) is 8.84. The van der Waals surface area contributed by atoms with Gasteiger partial charge in [0, 0.05) is 53.4 Å². The van der Waals surface area contributed by atoms with E-state index in [-0.39, 0.29) is 29.9 Å². The molecular formula is C24H25N9O2. The van der Waals surface area contributed by atoms with Crippen LogP contribution in [0.3, 0.4) is 0 Å².